The van der Waals surface area contributed by atoms with Gasteiger partial charge in [0, 0.05) is 18.8 Å². The summed E-state index contributed by atoms with van der Waals surface area (Å²) in [6, 6.07) is 4.39. The topological polar surface area (TPSA) is 76.4 Å². The van der Waals surface area contributed by atoms with Crippen molar-refractivity contribution in [3.63, 3.8) is 0 Å². The summed E-state index contributed by atoms with van der Waals surface area (Å²) >= 11 is 3.12. The predicted octanol–water partition coefficient (Wildman–Crippen LogP) is 2.85. The van der Waals surface area contributed by atoms with Crippen LogP contribution in [0.15, 0.2) is 22.7 Å². The minimum absolute atomic E-state index is 0.185. The molecule has 0 aliphatic heterocycles. The number of alkyl carbamates (subject to hydrolysis) is 1. The number of amides is 1. The molecule has 0 aliphatic rings. The molecule has 0 radical (unpaired) electrons. The van der Waals surface area contributed by atoms with Crippen molar-refractivity contribution >= 4 is 27.7 Å². The van der Waals surface area contributed by atoms with Crippen LogP contribution >= 0.6 is 15.9 Å². The number of hydrogen-bond acceptors (Lipinski definition) is 4. The molecule has 0 fully saturated rings. The van der Waals surface area contributed by atoms with E-state index >= 15 is 0 Å². The molecule has 1 rings (SSSR count). The van der Waals surface area contributed by atoms with Crippen LogP contribution in [0, 0.1) is 5.82 Å². The molecular formula is C14H21BrFN3O2. The van der Waals surface area contributed by atoms with Gasteiger partial charge < -0.3 is 21.1 Å². The zero-order valence-corrected chi connectivity index (χ0v) is 14.0. The lowest BCUT2D eigenvalue weighted by molar-refractivity contribution is 0.0526. The fourth-order valence-corrected chi connectivity index (χ4v) is 1.91. The molecule has 0 saturated heterocycles. The molecule has 1 aromatic rings. The number of benzene rings is 1. The summed E-state index contributed by atoms with van der Waals surface area (Å²) in [7, 11) is 0. The second-order valence-corrected chi connectivity index (χ2v) is 6.44. The van der Waals surface area contributed by atoms with Crippen molar-refractivity contribution in [3.05, 3.63) is 28.5 Å². The first-order valence-corrected chi connectivity index (χ1v) is 7.39. The van der Waals surface area contributed by atoms with Crippen LogP contribution in [-0.2, 0) is 4.74 Å². The van der Waals surface area contributed by atoms with E-state index in [0.717, 1.165) is 0 Å². The van der Waals surface area contributed by atoms with E-state index in [4.69, 9.17) is 10.5 Å². The van der Waals surface area contributed by atoms with Gasteiger partial charge in [0.1, 0.15) is 11.4 Å². The van der Waals surface area contributed by atoms with E-state index in [1.54, 1.807) is 32.9 Å². The molecule has 0 saturated carbocycles. The maximum atomic E-state index is 13.2. The van der Waals surface area contributed by atoms with E-state index in [1.165, 1.54) is 6.07 Å². The number of nitrogens with one attached hydrogen (secondary N) is 2. The average molecular weight is 362 g/mol. The highest BCUT2D eigenvalue weighted by Crippen LogP contribution is 2.20. The largest absolute Gasteiger partial charge is 0.444 e. The molecule has 1 unspecified atom stereocenters. The summed E-state index contributed by atoms with van der Waals surface area (Å²) in [5.41, 5.74) is 5.83. The number of hydrogen-bond donors (Lipinski definition) is 3. The van der Waals surface area contributed by atoms with Crippen molar-refractivity contribution in [1.29, 1.82) is 0 Å². The summed E-state index contributed by atoms with van der Waals surface area (Å²) in [6.07, 6.45) is -0.497. The van der Waals surface area contributed by atoms with Gasteiger partial charge in [-0.2, -0.15) is 0 Å². The zero-order chi connectivity index (χ0) is 16.0. The van der Waals surface area contributed by atoms with Crippen molar-refractivity contribution in [3.8, 4) is 0 Å². The average Bonchev–Trinajstić information content (AvgIpc) is 2.36. The van der Waals surface area contributed by atoms with Crippen LogP contribution in [0.5, 0.6) is 0 Å². The maximum absolute atomic E-state index is 13.2. The standard InChI is InChI=1S/C14H21BrFN3O2/c1-14(2,3)21-13(20)18-8-10(7-17)19-9-4-5-12(16)11(15)6-9/h4-6,10,19H,7-8,17H2,1-3H3,(H,18,20). The Morgan fingerprint density at radius 1 is 1.48 bits per heavy atom. The van der Waals surface area contributed by atoms with Crippen LogP contribution in [0.25, 0.3) is 0 Å². The summed E-state index contributed by atoms with van der Waals surface area (Å²) in [6.45, 7) is 6.00. The first kappa shape index (κ1) is 17.7. The maximum Gasteiger partial charge on any atom is 0.407 e. The lowest BCUT2D eigenvalue weighted by Crippen LogP contribution is -2.42. The fourth-order valence-electron chi connectivity index (χ4n) is 1.54. The second kappa shape index (κ2) is 7.61. The number of anilines is 1. The SMILES string of the molecule is CC(C)(C)OC(=O)NCC(CN)Nc1ccc(F)c(Br)c1. The first-order valence-electron chi connectivity index (χ1n) is 6.60. The summed E-state index contributed by atoms with van der Waals surface area (Å²) < 4.78 is 18.7. The van der Waals surface area contributed by atoms with Gasteiger partial charge in [0.2, 0.25) is 0 Å². The van der Waals surface area contributed by atoms with Crippen LogP contribution in [0.2, 0.25) is 0 Å². The monoisotopic (exact) mass is 361 g/mol. The van der Waals surface area contributed by atoms with Crippen molar-refractivity contribution in [2.75, 3.05) is 18.4 Å². The predicted molar refractivity (Wildman–Crippen MR) is 84.8 cm³/mol. The van der Waals surface area contributed by atoms with Crippen molar-refractivity contribution in [1.82, 2.24) is 5.32 Å². The van der Waals surface area contributed by atoms with Crippen molar-refractivity contribution in [2.24, 2.45) is 5.73 Å². The van der Waals surface area contributed by atoms with Crippen LogP contribution in [0.3, 0.4) is 0 Å². The Kier molecular flexibility index (Phi) is 6.42. The molecule has 1 amide bonds. The van der Waals surface area contributed by atoms with E-state index in [0.29, 0.717) is 23.2 Å². The minimum atomic E-state index is -0.544. The number of carbonyl (C=O) groups excluding carboxylic acids is 1. The van der Waals surface area contributed by atoms with Crippen LogP contribution in [0.1, 0.15) is 20.8 Å². The minimum Gasteiger partial charge on any atom is -0.444 e. The second-order valence-electron chi connectivity index (χ2n) is 5.59. The van der Waals surface area contributed by atoms with Gasteiger partial charge in [-0.3, -0.25) is 0 Å². The molecular weight excluding hydrogens is 341 g/mol. The van der Waals surface area contributed by atoms with E-state index in [-0.39, 0.29) is 11.9 Å². The van der Waals surface area contributed by atoms with E-state index < -0.39 is 11.7 Å². The number of ether oxygens (including phenoxy) is 1. The number of halogens is 2. The molecule has 4 N–H and O–H groups in total. The van der Waals surface area contributed by atoms with E-state index in [2.05, 4.69) is 26.6 Å². The van der Waals surface area contributed by atoms with Gasteiger partial charge in [-0.25, -0.2) is 9.18 Å². The lowest BCUT2D eigenvalue weighted by atomic mass is 10.2. The van der Waals surface area contributed by atoms with Gasteiger partial charge in [-0.15, -0.1) is 0 Å². The molecule has 0 aliphatic carbocycles. The van der Waals surface area contributed by atoms with E-state index in [1.807, 2.05) is 0 Å². The smallest absolute Gasteiger partial charge is 0.407 e. The summed E-state index contributed by atoms with van der Waals surface area (Å²) in [5, 5.41) is 5.77. The number of nitrogens with two attached hydrogens (primary N) is 1. The van der Waals surface area contributed by atoms with Gasteiger partial charge in [0.05, 0.1) is 10.5 Å². The van der Waals surface area contributed by atoms with Gasteiger partial charge in [-0.1, -0.05) is 0 Å². The van der Waals surface area contributed by atoms with E-state index in [9.17, 15) is 9.18 Å². The zero-order valence-electron chi connectivity index (χ0n) is 12.4. The molecule has 0 spiro atoms. The van der Waals surface area contributed by atoms with Crippen LogP contribution in [-0.4, -0.2) is 30.8 Å². The lowest BCUT2D eigenvalue weighted by Gasteiger charge is -2.22. The molecule has 1 aromatic carbocycles. The van der Waals surface area contributed by atoms with Gasteiger partial charge in [0.25, 0.3) is 0 Å². The third-order valence-electron chi connectivity index (χ3n) is 2.47. The van der Waals surface area contributed by atoms with Crippen molar-refractivity contribution in [2.45, 2.75) is 32.4 Å². The molecule has 0 bridgehead atoms. The Morgan fingerprint density at radius 2 is 2.14 bits per heavy atom. The van der Waals surface area contributed by atoms with Gasteiger partial charge in [-0.05, 0) is 54.9 Å². The first-order chi connectivity index (χ1) is 9.71. The van der Waals surface area contributed by atoms with Crippen LogP contribution in [0.4, 0.5) is 14.9 Å². The Balaban J connectivity index is 2.51. The normalized spacial score (nSPS) is 12.7. The molecule has 7 heteroatoms. The van der Waals surface area contributed by atoms with Crippen LogP contribution < -0.4 is 16.4 Å². The highest BCUT2D eigenvalue weighted by Gasteiger charge is 2.17. The van der Waals surface area contributed by atoms with Gasteiger partial charge >= 0.3 is 6.09 Å². The third-order valence-corrected chi connectivity index (χ3v) is 3.07. The Morgan fingerprint density at radius 3 is 2.67 bits per heavy atom. The third kappa shape index (κ3) is 6.77. The van der Waals surface area contributed by atoms with Gasteiger partial charge in [0.15, 0.2) is 0 Å². The van der Waals surface area contributed by atoms with Crippen molar-refractivity contribution < 1.29 is 13.9 Å². The highest BCUT2D eigenvalue weighted by atomic mass is 79.9. The fraction of sp³-hybridized carbons (Fsp3) is 0.500. The molecule has 1 atom stereocenters. The Bertz CT molecular complexity index is 492. The number of rotatable bonds is 5. The molecule has 5 nitrogen and oxygen atoms in total. The Hall–Kier alpha value is -1.34. The number of carbonyl (C=O) groups is 1. The summed E-state index contributed by atoms with van der Waals surface area (Å²) in [4.78, 5) is 11.6. The molecule has 21 heavy (non-hydrogen) atoms. The molecule has 118 valence electrons. The quantitative estimate of drug-likeness (QED) is 0.753. The Labute approximate surface area is 132 Å². The summed E-state index contributed by atoms with van der Waals surface area (Å²) in [5.74, 6) is -0.336. The highest BCUT2D eigenvalue weighted by molar-refractivity contribution is 9.10. The molecule has 0 heterocycles. The molecule has 0 aromatic heterocycles.